The van der Waals surface area contributed by atoms with Gasteiger partial charge in [0.2, 0.25) is 0 Å². The minimum Gasteiger partial charge on any atom is -0.305 e. The first kappa shape index (κ1) is 13.3. The average molecular weight is 337 g/mol. The van der Waals surface area contributed by atoms with Gasteiger partial charge < -0.3 is 5.32 Å². The van der Waals surface area contributed by atoms with Crippen molar-refractivity contribution < 1.29 is 0 Å². The lowest BCUT2D eigenvalue weighted by atomic mass is 9.75. The lowest BCUT2D eigenvalue weighted by Crippen LogP contribution is -2.41. The number of halogens is 1. The van der Waals surface area contributed by atoms with E-state index in [0.29, 0.717) is 18.0 Å². The first-order valence-corrected chi connectivity index (χ1v) is 8.31. The van der Waals surface area contributed by atoms with E-state index >= 15 is 0 Å². The molecule has 1 heterocycles. The van der Waals surface area contributed by atoms with E-state index in [4.69, 9.17) is 0 Å². The molecule has 0 bridgehead atoms. The predicted octanol–water partition coefficient (Wildman–Crippen LogP) is 4.50. The Hall–Kier alpha value is -0.710. The van der Waals surface area contributed by atoms with Gasteiger partial charge >= 0.3 is 0 Å². The van der Waals surface area contributed by atoms with Crippen LogP contribution in [-0.4, -0.2) is 11.0 Å². The normalized spacial score (nSPS) is 23.9. The SMILES string of the molecule is CC(NC1CC(c2ccccc2Br)C1)c1nccs1. The number of thiazole rings is 1. The molecule has 1 aromatic carbocycles. The summed E-state index contributed by atoms with van der Waals surface area (Å²) in [6, 6.07) is 9.55. The van der Waals surface area contributed by atoms with Crippen molar-refractivity contribution in [3.05, 3.63) is 50.9 Å². The molecule has 1 aromatic heterocycles. The van der Waals surface area contributed by atoms with Gasteiger partial charge in [-0.3, -0.25) is 0 Å². The zero-order valence-corrected chi connectivity index (χ0v) is 13.2. The number of nitrogens with zero attached hydrogens (tertiary/aromatic N) is 1. The van der Waals surface area contributed by atoms with Gasteiger partial charge in [-0.15, -0.1) is 11.3 Å². The number of rotatable bonds is 4. The Morgan fingerprint density at radius 1 is 1.37 bits per heavy atom. The topological polar surface area (TPSA) is 24.9 Å². The summed E-state index contributed by atoms with van der Waals surface area (Å²) in [6.07, 6.45) is 4.32. The second-order valence-corrected chi connectivity index (χ2v) is 6.93. The molecule has 4 heteroatoms. The lowest BCUT2D eigenvalue weighted by Gasteiger charge is -2.38. The number of nitrogens with one attached hydrogen (secondary N) is 1. The fraction of sp³-hybridized carbons (Fsp3) is 0.400. The zero-order chi connectivity index (χ0) is 13.2. The standard InChI is InChI=1S/C15H17BrN2S/c1-10(15-17-6-7-19-15)18-12-8-11(9-12)13-4-2-3-5-14(13)16/h2-7,10-12,18H,8-9H2,1H3. The van der Waals surface area contributed by atoms with Crippen molar-refractivity contribution in [1.29, 1.82) is 0 Å². The molecule has 1 fully saturated rings. The molecule has 1 aliphatic rings. The van der Waals surface area contributed by atoms with Gasteiger partial charge in [-0.2, -0.15) is 0 Å². The third-order valence-corrected chi connectivity index (χ3v) is 5.47. The molecule has 0 aliphatic heterocycles. The van der Waals surface area contributed by atoms with Crippen LogP contribution in [0.15, 0.2) is 40.3 Å². The van der Waals surface area contributed by atoms with Crippen LogP contribution in [0.1, 0.15) is 42.3 Å². The highest BCUT2D eigenvalue weighted by atomic mass is 79.9. The highest BCUT2D eigenvalue weighted by Crippen LogP contribution is 2.40. The van der Waals surface area contributed by atoms with E-state index in [1.54, 1.807) is 11.3 Å². The fourth-order valence-electron chi connectivity index (χ4n) is 2.69. The smallest absolute Gasteiger partial charge is 0.109 e. The monoisotopic (exact) mass is 336 g/mol. The maximum atomic E-state index is 4.37. The van der Waals surface area contributed by atoms with Crippen LogP contribution >= 0.6 is 27.3 Å². The van der Waals surface area contributed by atoms with Crippen LogP contribution in [0.25, 0.3) is 0 Å². The molecule has 1 saturated carbocycles. The molecule has 0 saturated heterocycles. The van der Waals surface area contributed by atoms with Crippen molar-refractivity contribution in [1.82, 2.24) is 10.3 Å². The largest absolute Gasteiger partial charge is 0.305 e. The summed E-state index contributed by atoms with van der Waals surface area (Å²) >= 11 is 5.37. The molecule has 1 unspecified atom stereocenters. The summed E-state index contributed by atoms with van der Waals surface area (Å²) in [6.45, 7) is 2.20. The minimum absolute atomic E-state index is 0.366. The van der Waals surface area contributed by atoms with Gasteiger partial charge in [-0.25, -0.2) is 4.98 Å². The second-order valence-electron chi connectivity index (χ2n) is 5.15. The van der Waals surface area contributed by atoms with Gasteiger partial charge in [0.05, 0.1) is 6.04 Å². The van der Waals surface area contributed by atoms with Crippen molar-refractivity contribution in [2.45, 2.75) is 37.8 Å². The molecule has 3 rings (SSSR count). The maximum absolute atomic E-state index is 4.37. The van der Waals surface area contributed by atoms with E-state index in [1.807, 2.05) is 11.6 Å². The van der Waals surface area contributed by atoms with E-state index in [-0.39, 0.29) is 0 Å². The Labute approximate surface area is 126 Å². The number of hydrogen-bond donors (Lipinski definition) is 1. The summed E-state index contributed by atoms with van der Waals surface area (Å²) < 4.78 is 1.24. The zero-order valence-electron chi connectivity index (χ0n) is 10.8. The van der Waals surface area contributed by atoms with Crippen LogP contribution in [-0.2, 0) is 0 Å². The summed E-state index contributed by atoms with van der Waals surface area (Å²) in [7, 11) is 0. The van der Waals surface area contributed by atoms with Crippen molar-refractivity contribution in [2.75, 3.05) is 0 Å². The molecule has 1 aliphatic carbocycles. The van der Waals surface area contributed by atoms with Gasteiger partial charge in [-0.05, 0) is 37.3 Å². The van der Waals surface area contributed by atoms with E-state index in [2.05, 4.69) is 57.4 Å². The molecular weight excluding hydrogens is 320 g/mol. The molecule has 2 nitrogen and oxygen atoms in total. The third-order valence-electron chi connectivity index (χ3n) is 3.79. The molecular formula is C15H17BrN2S. The van der Waals surface area contributed by atoms with Crippen LogP contribution in [0.2, 0.25) is 0 Å². The van der Waals surface area contributed by atoms with Crippen LogP contribution in [0.4, 0.5) is 0 Å². The number of hydrogen-bond acceptors (Lipinski definition) is 3. The Morgan fingerprint density at radius 3 is 2.84 bits per heavy atom. The lowest BCUT2D eigenvalue weighted by molar-refractivity contribution is 0.270. The predicted molar refractivity (Wildman–Crippen MR) is 83.6 cm³/mol. The Balaban J connectivity index is 1.55. The second kappa shape index (κ2) is 5.73. The van der Waals surface area contributed by atoms with Gasteiger partial charge in [0.25, 0.3) is 0 Å². The van der Waals surface area contributed by atoms with E-state index < -0.39 is 0 Å². The van der Waals surface area contributed by atoms with Crippen molar-refractivity contribution in [2.24, 2.45) is 0 Å². The van der Waals surface area contributed by atoms with Gasteiger partial charge in [0.15, 0.2) is 0 Å². The minimum atomic E-state index is 0.366. The molecule has 2 aromatic rings. The first-order chi connectivity index (χ1) is 9.24. The fourth-order valence-corrected chi connectivity index (χ4v) is 3.95. The summed E-state index contributed by atoms with van der Waals surface area (Å²) in [4.78, 5) is 4.37. The van der Waals surface area contributed by atoms with Crippen LogP contribution < -0.4 is 5.32 Å². The number of aromatic nitrogens is 1. The van der Waals surface area contributed by atoms with Crippen LogP contribution in [0.3, 0.4) is 0 Å². The highest BCUT2D eigenvalue weighted by Gasteiger charge is 2.32. The maximum Gasteiger partial charge on any atom is 0.109 e. The Kier molecular flexibility index (Phi) is 4.01. The summed E-state index contributed by atoms with van der Waals surface area (Å²) in [5.74, 6) is 0.691. The van der Waals surface area contributed by atoms with Crippen molar-refractivity contribution >= 4 is 27.3 Å². The van der Waals surface area contributed by atoms with E-state index in [1.165, 1.54) is 27.9 Å². The molecule has 100 valence electrons. The van der Waals surface area contributed by atoms with E-state index in [9.17, 15) is 0 Å². The average Bonchev–Trinajstić information content (AvgIpc) is 2.88. The molecule has 0 radical (unpaired) electrons. The molecule has 1 N–H and O–H groups in total. The Bertz CT molecular complexity index is 535. The quantitative estimate of drug-likeness (QED) is 0.888. The van der Waals surface area contributed by atoms with Gasteiger partial charge in [0.1, 0.15) is 5.01 Å². The van der Waals surface area contributed by atoms with Gasteiger partial charge in [-0.1, -0.05) is 34.1 Å². The van der Waals surface area contributed by atoms with Crippen molar-refractivity contribution in [3.8, 4) is 0 Å². The summed E-state index contributed by atoms with van der Waals surface area (Å²) in [5, 5.41) is 6.89. The molecule has 0 spiro atoms. The molecule has 19 heavy (non-hydrogen) atoms. The third kappa shape index (κ3) is 2.91. The molecule has 1 atom stereocenters. The molecule has 0 amide bonds. The number of benzene rings is 1. The van der Waals surface area contributed by atoms with Crippen molar-refractivity contribution in [3.63, 3.8) is 0 Å². The van der Waals surface area contributed by atoms with Crippen LogP contribution in [0.5, 0.6) is 0 Å². The Morgan fingerprint density at radius 2 is 2.16 bits per heavy atom. The highest BCUT2D eigenvalue weighted by molar-refractivity contribution is 9.10. The van der Waals surface area contributed by atoms with E-state index in [0.717, 1.165) is 0 Å². The van der Waals surface area contributed by atoms with Crippen LogP contribution in [0, 0.1) is 0 Å². The van der Waals surface area contributed by atoms with Gasteiger partial charge in [0, 0.05) is 22.1 Å². The first-order valence-electron chi connectivity index (χ1n) is 6.64. The summed E-state index contributed by atoms with van der Waals surface area (Å²) in [5.41, 5.74) is 1.45.